The summed E-state index contributed by atoms with van der Waals surface area (Å²) in [7, 11) is 0. The monoisotopic (exact) mass is 297 g/mol. The molecule has 6 nitrogen and oxygen atoms in total. The Morgan fingerprint density at radius 2 is 2.05 bits per heavy atom. The zero-order chi connectivity index (χ0) is 15.5. The minimum absolute atomic E-state index is 0.0960. The van der Waals surface area contributed by atoms with Crippen molar-refractivity contribution in [2.45, 2.75) is 38.7 Å². The molecule has 6 heteroatoms. The highest BCUT2D eigenvalue weighted by atomic mass is 16.5. The summed E-state index contributed by atoms with van der Waals surface area (Å²) in [6.07, 6.45) is 2.60. The van der Waals surface area contributed by atoms with E-state index < -0.39 is 0 Å². The van der Waals surface area contributed by atoms with Crippen molar-refractivity contribution in [3.63, 3.8) is 0 Å². The van der Waals surface area contributed by atoms with Gasteiger partial charge in [0.1, 0.15) is 0 Å². The second-order valence-corrected chi connectivity index (χ2v) is 6.75. The van der Waals surface area contributed by atoms with Gasteiger partial charge in [-0.05, 0) is 33.1 Å². The summed E-state index contributed by atoms with van der Waals surface area (Å²) < 4.78 is 5.77. The molecule has 0 radical (unpaired) electrons. The maximum Gasteiger partial charge on any atom is 0.236 e. The van der Waals surface area contributed by atoms with Crippen LogP contribution in [0.3, 0.4) is 0 Å². The van der Waals surface area contributed by atoms with Gasteiger partial charge in [-0.3, -0.25) is 14.5 Å². The van der Waals surface area contributed by atoms with Crippen molar-refractivity contribution in [2.75, 3.05) is 39.3 Å². The van der Waals surface area contributed by atoms with E-state index in [9.17, 15) is 9.59 Å². The van der Waals surface area contributed by atoms with Crippen LogP contribution in [0.25, 0.3) is 0 Å². The van der Waals surface area contributed by atoms with Gasteiger partial charge in [-0.25, -0.2) is 0 Å². The van der Waals surface area contributed by atoms with Crippen molar-refractivity contribution in [1.29, 1.82) is 0 Å². The lowest BCUT2D eigenvalue weighted by molar-refractivity contribution is -0.136. The van der Waals surface area contributed by atoms with E-state index in [0.717, 1.165) is 45.5 Å². The van der Waals surface area contributed by atoms with Crippen molar-refractivity contribution in [2.24, 2.45) is 11.7 Å². The van der Waals surface area contributed by atoms with Gasteiger partial charge in [0.15, 0.2) is 0 Å². The van der Waals surface area contributed by atoms with Gasteiger partial charge in [0.25, 0.3) is 0 Å². The average molecular weight is 297 g/mol. The van der Waals surface area contributed by atoms with Crippen LogP contribution in [-0.2, 0) is 14.3 Å². The van der Waals surface area contributed by atoms with E-state index in [1.807, 2.05) is 0 Å². The highest BCUT2D eigenvalue weighted by Gasteiger charge is 2.30. The number of rotatable bonds is 3. The van der Waals surface area contributed by atoms with Crippen LogP contribution in [-0.4, -0.2) is 66.5 Å². The van der Waals surface area contributed by atoms with Crippen molar-refractivity contribution < 1.29 is 14.3 Å². The third-order valence-corrected chi connectivity index (χ3v) is 4.25. The molecule has 21 heavy (non-hydrogen) atoms. The Morgan fingerprint density at radius 1 is 1.29 bits per heavy atom. The second kappa shape index (κ2) is 6.75. The summed E-state index contributed by atoms with van der Waals surface area (Å²) in [4.78, 5) is 27.7. The number of ether oxygens (including phenoxy) is 1. The largest absolute Gasteiger partial charge is 0.374 e. The standard InChI is InChI=1S/C15H27N3O3/c1-15(2)11-17(6-4-8-21-15)10-13(19)18-7-3-5-12(9-18)14(16)20/h12H,3-11H2,1-2H3,(H2,16,20). The molecular formula is C15H27N3O3. The van der Waals surface area contributed by atoms with Gasteiger partial charge in [-0.1, -0.05) is 0 Å². The van der Waals surface area contributed by atoms with Crippen LogP contribution >= 0.6 is 0 Å². The number of carbonyl (C=O) groups is 2. The van der Waals surface area contributed by atoms with Gasteiger partial charge in [-0.2, -0.15) is 0 Å². The zero-order valence-corrected chi connectivity index (χ0v) is 13.1. The summed E-state index contributed by atoms with van der Waals surface area (Å²) in [5.74, 6) is -0.387. The number of nitrogens with two attached hydrogens (primary N) is 1. The highest BCUT2D eigenvalue weighted by Crippen LogP contribution is 2.19. The molecule has 0 aliphatic carbocycles. The van der Waals surface area contributed by atoms with Crippen LogP contribution in [0.15, 0.2) is 0 Å². The van der Waals surface area contributed by atoms with Gasteiger partial charge >= 0.3 is 0 Å². The molecule has 2 rings (SSSR count). The Bertz CT molecular complexity index is 398. The number of hydrogen-bond donors (Lipinski definition) is 1. The Balaban J connectivity index is 1.89. The van der Waals surface area contributed by atoms with Crippen LogP contribution in [0.4, 0.5) is 0 Å². The molecule has 2 heterocycles. The zero-order valence-electron chi connectivity index (χ0n) is 13.1. The number of likely N-dealkylation sites (tertiary alicyclic amines) is 1. The van der Waals surface area contributed by atoms with Crippen LogP contribution < -0.4 is 5.73 Å². The SMILES string of the molecule is CC1(C)CN(CC(=O)N2CCCC(C(N)=O)C2)CCCO1. The Labute approximate surface area is 126 Å². The fourth-order valence-corrected chi connectivity index (χ4v) is 3.16. The van der Waals surface area contributed by atoms with Gasteiger partial charge in [-0.15, -0.1) is 0 Å². The molecule has 0 aromatic rings. The van der Waals surface area contributed by atoms with Crippen molar-refractivity contribution in [3.8, 4) is 0 Å². The molecule has 2 aliphatic rings. The minimum atomic E-state index is -0.295. The first kappa shape index (κ1) is 16.2. The topological polar surface area (TPSA) is 75.9 Å². The maximum absolute atomic E-state index is 12.4. The molecule has 2 amide bonds. The molecule has 2 N–H and O–H groups in total. The molecule has 0 bridgehead atoms. The first-order chi connectivity index (χ1) is 9.87. The summed E-state index contributed by atoms with van der Waals surface area (Å²) >= 11 is 0. The molecule has 120 valence electrons. The van der Waals surface area contributed by atoms with E-state index in [0.29, 0.717) is 13.1 Å². The van der Waals surface area contributed by atoms with E-state index in [4.69, 9.17) is 10.5 Å². The van der Waals surface area contributed by atoms with E-state index in [1.165, 1.54) is 0 Å². The van der Waals surface area contributed by atoms with Crippen molar-refractivity contribution >= 4 is 11.8 Å². The Morgan fingerprint density at radius 3 is 2.76 bits per heavy atom. The smallest absolute Gasteiger partial charge is 0.236 e. The van der Waals surface area contributed by atoms with Gasteiger partial charge in [0.2, 0.25) is 11.8 Å². The molecule has 2 fully saturated rings. The molecule has 2 saturated heterocycles. The second-order valence-electron chi connectivity index (χ2n) is 6.75. The van der Waals surface area contributed by atoms with Gasteiger partial charge in [0, 0.05) is 32.8 Å². The third kappa shape index (κ3) is 4.68. The molecule has 0 saturated carbocycles. The fraction of sp³-hybridized carbons (Fsp3) is 0.867. The van der Waals surface area contributed by atoms with Crippen LogP contribution in [0, 0.1) is 5.92 Å². The van der Waals surface area contributed by atoms with E-state index in [-0.39, 0.29) is 23.3 Å². The summed E-state index contributed by atoms with van der Waals surface area (Å²) in [6, 6.07) is 0. The van der Waals surface area contributed by atoms with Crippen LogP contribution in [0.5, 0.6) is 0 Å². The molecule has 1 atom stereocenters. The average Bonchev–Trinajstić information content (AvgIpc) is 2.59. The normalized spacial score (nSPS) is 27.1. The predicted molar refractivity (Wildman–Crippen MR) is 79.6 cm³/mol. The van der Waals surface area contributed by atoms with Crippen LogP contribution in [0.2, 0.25) is 0 Å². The highest BCUT2D eigenvalue weighted by molar-refractivity contribution is 5.81. The summed E-state index contributed by atoms with van der Waals surface area (Å²) in [5, 5.41) is 0. The number of piperidine rings is 1. The van der Waals surface area contributed by atoms with Crippen LogP contribution in [0.1, 0.15) is 33.1 Å². The Hall–Kier alpha value is -1.14. The quantitative estimate of drug-likeness (QED) is 0.808. The Kier molecular flexibility index (Phi) is 5.22. The number of carbonyl (C=O) groups excluding carboxylic acids is 2. The van der Waals surface area contributed by atoms with Gasteiger partial charge < -0.3 is 15.4 Å². The molecule has 0 aromatic heterocycles. The summed E-state index contributed by atoms with van der Waals surface area (Å²) in [5.41, 5.74) is 5.15. The molecule has 1 unspecified atom stereocenters. The predicted octanol–water partition coefficient (Wildman–Crippen LogP) is 0.211. The van der Waals surface area contributed by atoms with Crippen molar-refractivity contribution in [3.05, 3.63) is 0 Å². The first-order valence-corrected chi connectivity index (χ1v) is 7.81. The van der Waals surface area contributed by atoms with E-state index in [2.05, 4.69) is 18.7 Å². The molecule has 0 aromatic carbocycles. The number of hydrogen-bond acceptors (Lipinski definition) is 4. The fourth-order valence-electron chi connectivity index (χ4n) is 3.16. The number of nitrogens with zero attached hydrogens (tertiary/aromatic N) is 2. The lowest BCUT2D eigenvalue weighted by atomic mass is 9.97. The minimum Gasteiger partial charge on any atom is -0.374 e. The third-order valence-electron chi connectivity index (χ3n) is 4.25. The van der Waals surface area contributed by atoms with Crippen molar-refractivity contribution in [1.82, 2.24) is 9.80 Å². The molecule has 2 aliphatic heterocycles. The number of amides is 2. The molecule has 0 spiro atoms. The van der Waals surface area contributed by atoms with Gasteiger partial charge in [0.05, 0.1) is 18.1 Å². The molecular weight excluding hydrogens is 270 g/mol. The van der Waals surface area contributed by atoms with E-state index in [1.54, 1.807) is 4.90 Å². The lowest BCUT2D eigenvalue weighted by Gasteiger charge is -2.34. The maximum atomic E-state index is 12.4. The first-order valence-electron chi connectivity index (χ1n) is 7.81. The summed E-state index contributed by atoms with van der Waals surface area (Å²) in [6.45, 7) is 8.09. The van der Waals surface area contributed by atoms with E-state index >= 15 is 0 Å². The lowest BCUT2D eigenvalue weighted by Crippen LogP contribution is -2.49. The number of primary amides is 1.